The largest absolute Gasteiger partial charge is 0.507 e. The smallest absolute Gasteiger partial charge is 0.356 e. The number of nitrogens with zero attached hydrogens (tertiary/aromatic N) is 1. The summed E-state index contributed by atoms with van der Waals surface area (Å²) in [4.78, 5) is 15.5. The number of aromatic nitrogens is 1. The number of carbonyl (C=O) groups is 1. The van der Waals surface area contributed by atoms with Gasteiger partial charge < -0.3 is 14.6 Å². The maximum absolute atomic E-state index is 11.5. The lowest BCUT2D eigenvalue weighted by molar-refractivity contribution is 0.0594. The van der Waals surface area contributed by atoms with Gasteiger partial charge in [-0.2, -0.15) is 0 Å². The lowest BCUT2D eigenvalue weighted by Crippen LogP contribution is -2.05. The van der Waals surface area contributed by atoms with Crippen LogP contribution in [0.3, 0.4) is 0 Å². The van der Waals surface area contributed by atoms with Gasteiger partial charge in [-0.15, -0.1) is 0 Å². The fourth-order valence-electron chi connectivity index (χ4n) is 1.70. The number of esters is 1. The first-order chi connectivity index (χ1) is 8.99. The summed E-state index contributed by atoms with van der Waals surface area (Å²) in [6, 6.07) is 2.61. The Labute approximate surface area is 118 Å². The molecule has 0 aliphatic rings. The molecule has 0 atom stereocenters. The molecule has 5 nitrogen and oxygen atoms in total. The fraction of sp³-hybridized carbons (Fsp3) is 0.167. The quantitative estimate of drug-likeness (QED) is 0.864. The predicted molar refractivity (Wildman–Crippen MR) is 71.3 cm³/mol. The fourth-order valence-corrected chi connectivity index (χ4v) is 2.32. The number of carbonyl (C=O) groups excluding carboxylic acids is 1. The molecule has 0 bridgehead atoms. The highest BCUT2D eigenvalue weighted by molar-refractivity contribution is 6.40. The minimum Gasteiger partial charge on any atom is -0.507 e. The first-order valence-corrected chi connectivity index (χ1v) is 5.89. The minimum absolute atomic E-state index is 0.0656. The maximum atomic E-state index is 11.5. The molecule has 0 fully saturated rings. The van der Waals surface area contributed by atoms with Crippen molar-refractivity contribution in [1.82, 2.24) is 4.98 Å². The Balaban J connectivity index is 2.88. The lowest BCUT2D eigenvalue weighted by Gasteiger charge is -2.11. The van der Waals surface area contributed by atoms with Crippen LogP contribution in [-0.2, 0) is 4.74 Å². The van der Waals surface area contributed by atoms with Gasteiger partial charge in [-0.05, 0) is 6.07 Å². The van der Waals surface area contributed by atoms with E-state index in [4.69, 9.17) is 27.9 Å². The zero-order chi connectivity index (χ0) is 14.2. The second kappa shape index (κ2) is 5.11. The van der Waals surface area contributed by atoms with Gasteiger partial charge in [0.1, 0.15) is 11.3 Å². The zero-order valence-electron chi connectivity index (χ0n) is 10.0. The summed E-state index contributed by atoms with van der Waals surface area (Å²) in [7, 11) is 2.62. The second-order valence-electron chi connectivity index (χ2n) is 3.62. The Morgan fingerprint density at radius 2 is 1.95 bits per heavy atom. The molecule has 7 heteroatoms. The molecular formula is C12H9Cl2NO4. The van der Waals surface area contributed by atoms with Crippen LogP contribution in [0.4, 0.5) is 0 Å². The third kappa shape index (κ3) is 2.27. The average Bonchev–Trinajstić information content (AvgIpc) is 2.37. The molecule has 1 heterocycles. The predicted octanol–water partition coefficient (Wildman–Crippen LogP) is 3.04. The van der Waals surface area contributed by atoms with E-state index in [2.05, 4.69) is 9.72 Å². The van der Waals surface area contributed by atoms with Gasteiger partial charge in [0.2, 0.25) is 0 Å². The van der Waals surface area contributed by atoms with Crippen LogP contribution in [0.25, 0.3) is 10.9 Å². The highest BCUT2D eigenvalue weighted by Crippen LogP contribution is 2.41. The summed E-state index contributed by atoms with van der Waals surface area (Å²) in [5, 5.41) is 10.7. The number of pyridine rings is 1. The van der Waals surface area contributed by atoms with E-state index < -0.39 is 5.97 Å². The van der Waals surface area contributed by atoms with E-state index in [1.54, 1.807) is 0 Å². The van der Waals surface area contributed by atoms with Crippen LogP contribution in [0, 0.1) is 0 Å². The SMILES string of the molecule is COC(=O)c1cc(O)c2c(Cl)cc(Cl)c(OC)c2n1. The molecule has 0 spiro atoms. The van der Waals surface area contributed by atoms with Crippen molar-refractivity contribution in [2.24, 2.45) is 0 Å². The van der Waals surface area contributed by atoms with Crippen LogP contribution >= 0.6 is 23.2 Å². The van der Waals surface area contributed by atoms with Gasteiger partial charge >= 0.3 is 5.97 Å². The molecule has 0 amide bonds. The molecule has 1 N–H and O–H groups in total. The molecule has 0 aliphatic heterocycles. The molecule has 1 aromatic heterocycles. The van der Waals surface area contributed by atoms with Crippen molar-refractivity contribution in [2.45, 2.75) is 0 Å². The molecular weight excluding hydrogens is 293 g/mol. The Morgan fingerprint density at radius 1 is 1.26 bits per heavy atom. The van der Waals surface area contributed by atoms with Gasteiger partial charge in [0.05, 0.1) is 29.7 Å². The van der Waals surface area contributed by atoms with Gasteiger partial charge in [-0.1, -0.05) is 23.2 Å². The van der Waals surface area contributed by atoms with E-state index in [9.17, 15) is 9.90 Å². The molecule has 0 aliphatic carbocycles. The minimum atomic E-state index is -0.685. The lowest BCUT2D eigenvalue weighted by atomic mass is 10.1. The van der Waals surface area contributed by atoms with Crippen LogP contribution in [0.2, 0.25) is 10.0 Å². The molecule has 0 saturated carbocycles. The number of rotatable bonds is 2. The van der Waals surface area contributed by atoms with Crippen LogP contribution in [0.15, 0.2) is 12.1 Å². The number of halogens is 2. The van der Waals surface area contributed by atoms with Crippen LogP contribution in [-0.4, -0.2) is 30.3 Å². The first kappa shape index (κ1) is 13.7. The Hall–Kier alpha value is -1.72. The van der Waals surface area contributed by atoms with Crippen LogP contribution in [0.5, 0.6) is 11.5 Å². The normalized spacial score (nSPS) is 10.5. The molecule has 2 rings (SSSR count). The standard InChI is InChI=1S/C12H9Cl2NO4/c1-18-11-6(14)3-5(13)9-8(16)4-7(12(17)19-2)15-10(9)11/h3-4H,1-2H3,(H,15,16). The second-order valence-corrected chi connectivity index (χ2v) is 4.43. The van der Waals surface area contributed by atoms with Crippen molar-refractivity contribution in [3.63, 3.8) is 0 Å². The highest BCUT2D eigenvalue weighted by Gasteiger charge is 2.19. The van der Waals surface area contributed by atoms with E-state index in [0.717, 1.165) is 0 Å². The summed E-state index contributed by atoms with van der Waals surface area (Å²) in [5.74, 6) is -0.664. The maximum Gasteiger partial charge on any atom is 0.356 e. The summed E-state index contributed by atoms with van der Waals surface area (Å²) >= 11 is 12.0. The summed E-state index contributed by atoms with van der Waals surface area (Å²) in [5.41, 5.74) is 0.129. The van der Waals surface area contributed by atoms with E-state index in [1.165, 1.54) is 26.4 Å². The highest BCUT2D eigenvalue weighted by atomic mass is 35.5. The van der Waals surface area contributed by atoms with Gasteiger partial charge in [0, 0.05) is 6.07 Å². The number of aromatic hydroxyl groups is 1. The number of hydrogen-bond donors (Lipinski definition) is 1. The number of benzene rings is 1. The van der Waals surface area contributed by atoms with E-state index in [0.29, 0.717) is 0 Å². The van der Waals surface area contributed by atoms with Crippen molar-refractivity contribution >= 4 is 40.1 Å². The number of hydrogen-bond acceptors (Lipinski definition) is 5. The number of methoxy groups -OCH3 is 2. The van der Waals surface area contributed by atoms with E-state index >= 15 is 0 Å². The monoisotopic (exact) mass is 301 g/mol. The van der Waals surface area contributed by atoms with E-state index in [1.807, 2.05) is 0 Å². The number of fused-ring (bicyclic) bond motifs is 1. The van der Waals surface area contributed by atoms with Crippen molar-refractivity contribution in [2.75, 3.05) is 14.2 Å². The van der Waals surface area contributed by atoms with Gasteiger partial charge in [-0.3, -0.25) is 0 Å². The summed E-state index contributed by atoms with van der Waals surface area (Å²) in [6.45, 7) is 0. The third-order valence-corrected chi connectivity index (χ3v) is 3.10. The zero-order valence-corrected chi connectivity index (χ0v) is 11.5. The molecule has 2 aromatic rings. The molecule has 1 aromatic carbocycles. The molecule has 19 heavy (non-hydrogen) atoms. The van der Waals surface area contributed by atoms with Crippen molar-refractivity contribution < 1.29 is 19.4 Å². The summed E-state index contributed by atoms with van der Waals surface area (Å²) in [6.07, 6.45) is 0. The molecule has 0 unspecified atom stereocenters. The Kier molecular flexibility index (Phi) is 3.68. The van der Waals surface area contributed by atoms with Crippen LogP contribution in [0.1, 0.15) is 10.5 Å². The van der Waals surface area contributed by atoms with Gasteiger partial charge in [-0.25, -0.2) is 9.78 Å². The van der Waals surface area contributed by atoms with E-state index in [-0.39, 0.29) is 38.1 Å². The molecule has 0 saturated heterocycles. The van der Waals surface area contributed by atoms with Crippen LogP contribution < -0.4 is 4.74 Å². The van der Waals surface area contributed by atoms with Crippen molar-refractivity contribution in [3.8, 4) is 11.5 Å². The Morgan fingerprint density at radius 3 is 2.53 bits per heavy atom. The van der Waals surface area contributed by atoms with Gasteiger partial charge in [0.15, 0.2) is 11.4 Å². The van der Waals surface area contributed by atoms with Crippen molar-refractivity contribution in [3.05, 3.63) is 27.9 Å². The first-order valence-electron chi connectivity index (χ1n) is 5.13. The molecule has 0 radical (unpaired) electrons. The Bertz CT molecular complexity index is 673. The third-order valence-electron chi connectivity index (χ3n) is 2.52. The number of ether oxygens (including phenoxy) is 2. The average molecular weight is 302 g/mol. The topological polar surface area (TPSA) is 68.7 Å². The molecule has 100 valence electrons. The summed E-state index contributed by atoms with van der Waals surface area (Å²) < 4.78 is 9.68. The van der Waals surface area contributed by atoms with Gasteiger partial charge in [0.25, 0.3) is 0 Å². The van der Waals surface area contributed by atoms with Crippen molar-refractivity contribution in [1.29, 1.82) is 0 Å².